The van der Waals surface area contributed by atoms with Gasteiger partial charge >= 0.3 is 23.9 Å². The van der Waals surface area contributed by atoms with E-state index in [4.69, 9.17) is 42.1 Å². The number of rotatable bonds is 11. The topological polar surface area (TPSA) is 155 Å². The van der Waals surface area contributed by atoms with Crippen LogP contribution < -0.4 is 4.90 Å². The summed E-state index contributed by atoms with van der Waals surface area (Å²) in [4.78, 5) is 73.7. The Kier molecular flexibility index (Phi) is 11.9. The van der Waals surface area contributed by atoms with Crippen LogP contribution in [0.25, 0.3) is 22.2 Å². The van der Waals surface area contributed by atoms with Gasteiger partial charge in [0.2, 0.25) is 11.4 Å². The Morgan fingerprint density at radius 2 is 1.49 bits per heavy atom. The summed E-state index contributed by atoms with van der Waals surface area (Å²) in [6.45, 7) is 5.65. The molecule has 1 aliphatic rings. The van der Waals surface area contributed by atoms with Crippen molar-refractivity contribution in [1.29, 1.82) is 0 Å². The summed E-state index contributed by atoms with van der Waals surface area (Å²) in [6.07, 6.45) is -4.50. The van der Waals surface area contributed by atoms with Crippen molar-refractivity contribution in [1.82, 2.24) is 14.9 Å². The molecule has 13 nitrogen and oxygen atoms in total. The molecule has 2 aromatic carbocycles. The number of benzene rings is 2. The number of ether oxygens (including phenoxy) is 4. The maximum Gasteiger partial charge on any atom is 0.303 e. The van der Waals surface area contributed by atoms with E-state index in [1.807, 2.05) is 24.3 Å². The highest BCUT2D eigenvalue weighted by molar-refractivity contribution is 6.31. The van der Waals surface area contributed by atoms with Crippen LogP contribution in [-0.4, -0.2) is 95.8 Å². The number of anilines is 1. The number of aromatic nitrogens is 2. The molecular weight excluding hydrogens is 655 g/mol. The molecule has 4 rings (SSSR count). The Hall–Kier alpha value is -4.49. The summed E-state index contributed by atoms with van der Waals surface area (Å²) in [7, 11) is 0. The molecular formula is C32H34Cl2N4O9. The number of hydrogen-bond acceptors (Lipinski definition) is 12. The maximum atomic E-state index is 13.9. The quantitative estimate of drug-likeness (QED) is 0.162. The molecule has 2 heterocycles. The molecule has 1 amide bonds. The normalized spacial score (nSPS) is 14.9. The Balaban J connectivity index is 1.55. The third-order valence-corrected chi connectivity index (χ3v) is 7.64. The van der Waals surface area contributed by atoms with Gasteiger partial charge in [-0.15, -0.1) is 0 Å². The first-order valence-corrected chi connectivity index (χ1v) is 15.5. The van der Waals surface area contributed by atoms with Crippen LogP contribution in [0.15, 0.2) is 42.5 Å². The van der Waals surface area contributed by atoms with Crippen LogP contribution in [0.2, 0.25) is 10.3 Å². The minimum atomic E-state index is -1.63. The van der Waals surface area contributed by atoms with Crippen molar-refractivity contribution in [3.8, 4) is 11.3 Å². The van der Waals surface area contributed by atoms with E-state index in [0.29, 0.717) is 29.3 Å². The van der Waals surface area contributed by atoms with Gasteiger partial charge in [0.1, 0.15) is 6.10 Å². The van der Waals surface area contributed by atoms with Crippen molar-refractivity contribution < 1.29 is 42.9 Å². The van der Waals surface area contributed by atoms with E-state index in [1.165, 1.54) is 11.8 Å². The molecule has 0 saturated carbocycles. The fourth-order valence-corrected chi connectivity index (χ4v) is 5.64. The third kappa shape index (κ3) is 9.52. The summed E-state index contributed by atoms with van der Waals surface area (Å²) in [5.74, 6) is -3.56. The lowest BCUT2D eigenvalue weighted by molar-refractivity contribution is -0.190. The molecule has 1 saturated heterocycles. The molecule has 1 aromatic heterocycles. The van der Waals surface area contributed by atoms with E-state index in [2.05, 4.69) is 14.9 Å². The monoisotopic (exact) mass is 688 g/mol. The highest BCUT2D eigenvalue weighted by Crippen LogP contribution is 2.32. The van der Waals surface area contributed by atoms with Gasteiger partial charge in [0, 0.05) is 82.0 Å². The molecule has 3 atom stereocenters. The molecule has 1 aliphatic heterocycles. The number of carbonyl (C=O) groups is 5. The molecule has 0 aliphatic carbocycles. The van der Waals surface area contributed by atoms with E-state index >= 15 is 0 Å². The molecule has 0 radical (unpaired) electrons. The lowest BCUT2D eigenvalue weighted by atomic mass is 10.0. The van der Waals surface area contributed by atoms with Crippen LogP contribution in [0.4, 0.5) is 5.69 Å². The van der Waals surface area contributed by atoms with Gasteiger partial charge in [0.05, 0.1) is 17.8 Å². The molecule has 1 fully saturated rings. The van der Waals surface area contributed by atoms with Gasteiger partial charge in [0.15, 0.2) is 6.10 Å². The average Bonchev–Trinajstić information content (AvgIpc) is 3.01. The van der Waals surface area contributed by atoms with Crippen LogP contribution in [0.5, 0.6) is 0 Å². The number of amides is 1. The molecule has 0 bridgehead atoms. The number of fused-ring (bicyclic) bond motifs is 1. The second kappa shape index (κ2) is 15.9. The summed E-state index contributed by atoms with van der Waals surface area (Å²) in [5.41, 5.74) is 2.93. The van der Waals surface area contributed by atoms with Crippen molar-refractivity contribution in [2.24, 2.45) is 0 Å². The molecule has 3 aromatic rings. The van der Waals surface area contributed by atoms with Crippen molar-refractivity contribution in [2.45, 2.75) is 52.4 Å². The number of nitrogens with zero attached hydrogens (tertiary/aromatic N) is 4. The van der Waals surface area contributed by atoms with Gasteiger partial charge in [-0.05, 0) is 41.9 Å². The lowest BCUT2D eigenvalue weighted by Crippen LogP contribution is -2.57. The summed E-state index contributed by atoms with van der Waals surface area (Å²) < 4.78 is 21.1. The predicted octanol–water partition coefficient (Wildman–Crippen LogP) is 4.00. The molecule has 0 N–H and O–H groups in total. The summed E-state index contributed by atoms with van der Waals surface area (Å²) >= 11 is 12.5. The van der Waals surface area contributed by atoms with Crippen LogP contribution in [0.3, 0.4) is 0 Å². The zero-order valence-corrected chi connectivity index (χ0v) is 27.7. The van der Waals surface area contributed by atoms with Gasteiger partial charge in [-0.25, -0.2) is 9.97 Å². The Labute approximate surface area is 281 Å². The average molecular weight is 690 g/mol. The van der Waals surface area contributed by atoms with Gasteiger partial charge < -0.3 is 28.7 Å². The largest absolute Gasteiger partial charge is 0.466 e. The van der Waals surface area contributed by atoms with Crippen molar-refractivity contribution in [3.63, 3.8) is 0 Å². The zero-order valence-electron chi connectivity index (χ0n) is 26.2. The first kappa shape index (κ1) is 35.4. The Morgan fingerprint density at radius 3 is 2.13 bits per heavy atom. The Morgan fingerprint density at radius 1 is 0.809 bits per heavy atom. The molecule has 15 heteroatoms. The van der Waals surface area contributed by atoms with Crippen LogP contribution >= 0.6 is 23.2 Å². The highest BCUT2D eigenvalue weighted by atomic mass is 35.5. The minimum absolute atomic E-state index is 0.101. The smallest absolute Gasteiger partial charge is 0.303 e. The second-order valence-electron chi connectivity index (χ2n) is 10.7. The fraction of sp³-hybridized carbons (Fsp3) is 0.406. The third-order valence-electron chi connectivity index (χ3n) is 7.23. The predicted molar refractivity (Wildman–Crippen MR) is 172 cm³/mol. The molecule has 250 valence electrons. The molecule has 0 spiro atoms. The maximum absolute atomic E-state index is 13.9. The molecule has 47 heavy (non-hydrogen) atoms. The number of hydrogen-bond donors (Lipinski definition) is 0. The zero-order chi connectivity index (χ0) is 34.2. The van der Waals surface area contributed by atoms with Crippen LogP contribution in [0.1, 0.15) is 34.1 Å². The van der Waals surface area contributed by atoms with E-state index in [9.17, 15) is 24.0 Å². The van der Waals surface area contributed by atoms with Gasteiger partial charge in [-0.3, -0.25) is 24.0 Å². The fourth-order valence-electron chi connectivity index (χ4n) is 5.29. The minimum Gasteiger partial charge on any atom is -0.466 e. The Bertz CT molecular complexity index is 1660. The van der Waals surface area contributed by atoms with E-state index in [0.717, 1.165) is 37.4 Å². The number of carbonyl (C=O) groups excluding carboxylic acids is 5. The van der Waals surface area contributed by atoms with Crippen molar-refractivity contribution >= 4 is 69.6 Å². The van der Waals surface area contributed by atoms with Crippen LogP contribution in [0, 0.1) is 0 Å². The van der Waals surface area contributed by atoms with Crippen molar-refractivity contribution in [3.05, 3.63) is 52.8 Å². The SMILES string of the molecule is CC(=O)OCCC(OC(C)=O)[C@H](OC(C)=O)C(OC(C)=O)C(=O)N1CCN(c2cccc(-c3nc(Cl)nc4ccc(Cl)cc34)c2)CC1. The number of piperazine rings is 1. The van der Waals surface area contributed by atoms with Gasteiger partial charge in [-0.2, -0.15) is 0 Å². The van der Waals surface area contributed by atoms with Gasteiger partial charge in [0.25, 0.3) is 5.91 Å². The highest BCUT2D eigenvalue weighted by Gasteiger charge is 2.43. The molecule has 2 unspecified atom stereocenters. The standard InChI is InChI=1S/C32H34Cl2N4O9/c1-18(39)44-15-10-27(45-19(2)40)29(46-20(3)41)30(47-21(4)42)31(43)38-13-11-37(12-14-38)24-7-5-6-22(16-24)28-25-17-23(33)8-9-26(25)35-32(34)36-28/h5-9,16-17,27,29-30H,10-15H2,1-4H3/t27?,29-,30?/m0/s1. The van der Waals surface area contributed by atoms with E-state index < -0.39 is 48.1 Å². The summed E-state index contributed by atoms with van der Waals surface area (Å²) in [5, 5.41) is 1.38. The number of esters is 4. The van der Waals surface area contributed by atoms with Crippen LogP contribution in [-0.2, 0) is 42.9 Å². The van der Waals surface area contributed by atoms with E-state index in [-0.39, 0.29) is 31.4 Å². The lowest BCUT2D eigenvalue weighted by Gasteiger charge is -2.39. The first-order chi connectivity index (χ1) is 22.3. The second-order valence-corrected chi connectivity index (χ2v) is 11.5. The van der Waals surface area contributed by atoms with Gasteiger partial charge in [-0.1, -0.05) is 23.7 Å². The summed E-state index contributed by atoms with van der Waals surface area (Å²) in [6, 6.07) is 13.0. The van der Waals surface area contributed by atoms with Crippen molar-refractivity contribution in [2.75, 3.05) is 37.7 Å². The first-order valence-electron chi connectivity index (χ1n) is 14.7. The number of halogens is 2. The van der Waals surface area contributed by atoms with E-state index in [1.54, 1.807) is 18.2 Å².